The van der Waals surface area contributed by atoms with Gasteiger partial charge in [-0.25, -0.2) is 23.5 Å². The van der Waals surface area contributed by atoms with Gasteiger partial charge in [-0.2, -0.15) is 0 Å². The van der Waals surface area contributed by atoms with Crippen LogP contribution in [0, 0.1) is 17.0 Å². The molecule has 47 heavy (non-hydrogen) atoms. The Labute approximate surface area is 273 Å². The number of carbonyl (C=O) groups is 1. The topological polar surface area (TPSA) is 125 Å². The maximum absolute atomic E-state index is 14.7. The maximum Gasteiger partial charge on any atom is 0.410 e. The van der Waals surface area contributed by atoms with Crippen molar-refractivity contribution in [3.63, 3.8) is 0 Å². The van der Waals surface area contributed by atoms with Crippen molar-refractivity contribution < 1.29 is 23.0 Å². The average molecular weight is 644 g/mol. The smallest absolute Gasteiger partial charge is 0.410 e. The minimum atomic E-state index is -0.726. The molecular formula is C35H39F2N7O3. The van der Waals surface area contributed by atoms with E-state index in [2.05, 4.69) is 20.6 Å². The molecule has 1 saturated heterocycles. The number of likely N-dealkylation sites (tertiary alicyclic amines) is 1. The summed E-state index contributed by atoms with van der Waals surface area (Å²) in [5.74, 6) is -0.546. The molecule has 246 valence electrons. The first-order valence-electron chi connectivity index (χ1n) is 15.6. The summed E-state index contributed by atoms with van der Waals surface area (Å²) in [4.78, 5) is 27.8. The number of hydrogen-bond donors (Lipinski definition) is 3. The van der Waals surface area contributed by atoms with Gasteiger partial charge < -0.3 is 25.0 Å². The lowest BCUT2D eigenvalue weighted by atomic mass is 9.90. The molecule has 1 fully saturated rings. The third-order valence-electron chi connectivity index (χ3n) is 7.65. The summed E-state index contributed by atoms with van der Waals surface area (Å²) in [6.07, 6.45) is 6.12. The fourth-order valence-electron chi connectivity index (χ4n) is 5.34. The minimum Gasteiger partial charge on any atom is -0.494 e. The van der Waals surface area contributed by atoms with Gasteiger partial charge >= 0.3 is 6.09 Å². The number of benzene rings is 2. The second-order valence-corrected chi connectivity index (χ2v) is 12.2. The van der Waals surface area contributed by atoms with Gasteiger partial charge in [-0.1, -0.05) is 18.2 Å². The molecule has 0 spiro atoms. The Bertz CT molecular complexity index is 1700. The van der Waals surface area contributed by atoms with E-state index in [4.69, 9.17) is 19.9 Å². The van der Waals surface area contributed by atoms with Gasteiger partial charge in [0.2, 0.25) is 0 Å². The van der Waals surface area contributed by atoms with Gasteiger partial charge in [-0.15, -0.1) is 0 Å². The number of ether oxygens (including phenoxy) is 2. The Kier molecular flexibility index (Phi) is 10.3. The number of hydrogen-bond acceptors (Lipinski definition) is 9. The molecule has 0 saturated carbocycles. The van der Waals surface area contributed by atoms with Crippen LogP contribution in [0.4, 0.5) is 30.8 Å². The van der Waals surface area contributed by atoms with E-state index in [0.717, 1.165) is 23.4 Å². The molecule has 2 aromatic carbocycles. The molecule has 2 aromatic heterocycles. The van der Waals surface area contributed by atoms with Crippen molar-refractivity contribution in [3.05, 3.63) is 101 Å². The molecular weight excluding hydrogens is 604 g/mol. The minimum absolute atomic E-state index is 0.0322. The highest BCUT2D eigenvalue weighted by Crippen LogP contribution is 2.34. The number of piperidine rings is 1. The molecule has 10 nitrogen and oxygen atoms in total. The summed E-state index contributed by atoms with van der Waals surface area (Å²) in [7, 11) is 0. The zero-order valence-corrected chi connectivity index (χ0v) is 26.9. The van der Waals surface area contributed by atoms with E-state index in [0.29, 0.717) is 49.6 Å². The third kappa shape index (κ3) is 8.37. The maximum atomic E-state index is 14.7. The van der Waals surface area contributed by atoms with Crippen LogP contribution >= 0.6 is 0 Å². The molecule has 1 aliphatic rings. The third-order valence-corrected chi connectivity index (χ3v) is 7.65. The van der Waals surface area contributed by atoms with Crippen molar-refractivity contribution in [3.8, 4) is 5.75 Å². The molecule has 4 aromatic rings. The number of para-hydroxylation sites is 1. The molecule has 0 radical (unpaired) electrons. The van der Waals surface area contributed by atoms with Crippen LogP contribution in [0.5, 0.6) is 5.75 Å². The molecule has 0 bridgehead atoms. The van der Waals surface area contributed by atoms with Crippen LogP contribution in [0.2, 0.25) is 0 Å². The van der Waals surface area contributed by atoms with Crippen molar-refractivity contribution in [1.29, 1.82) is 5.41 Å². The van der Waals surface area contributed by atoms with E-state index < -0.39 is 17.2 Å². The number of nitrogens with zero attached hydrogens (tertiary/aromatic N) is 4. The first kappa shape index (κ1) is 33.2. The Balaban J connectivity index is 1.38. The Hall–Kier alpha value is -5.13. The molecule has 0 aliphatic carbocycles. The normalized spacial score (nSPS) is 13.6. The lowest BCUT2D eigenvalue weighted by molar-refractivity contribution is 0.0205. The zero-order chi connectivity index (χ0) is 33.6. The molecule has 0 unspecified atom stereocenters. The molecule has 12 heteroatoms. The second-order valence-electron chi connectivity index (χ2n) is 12.2. The number of amides is 1. The summed E-state index contributed by atoms with van der Waals surface area (Å²) in [5.41, 5.74) is 1.92. The monoisotopic (exact) mass is 643 g/mol. The van der Waals surface area contributed by atoms with Crippen LogP contribution in [0.25, 0.3) is 0 Å². The molecule has 0 atom stereocenters. The number of aromatic nitrogens is 3. The van der Waals surface area contributed by atoms with Gasteiger partial charge in [0.1, 0.15) is 34.5 Å². The predicted molar refractivity (Wildman–Crippen MR) is 177 cm³/mol. The number of nitrogens with one attached hydrogen (secondary N) is 3. The fraction of sp³-hybridized carbons (Fsp3) is 0.343. The number of rotatable bonds is 10. The first-order valence-corrected chi connectivity index (χ1v) is 15.6. The van der Waals surface area contributed by atoms with E-state index in [-0.39, 0.29) is 41.4 Å². The zero-order valence-electron chi connectivity index (χ0n) is 26.9. The Morgan fingerprint density at radius 2 is 1.74 bits per heavy atom. The van der Waals surface area contributed by atoms with Crippen LogP contribution in [-0.4, -0.2) is 57.0 Å². The van der Waals surface area contributed by atoms with Crippen molar-refractivity contribution in [2.75, 3.05) is 30.3 Å². The van der Waals surface area contributed by atoms with Gasteiger partial charge in [-0.3, -0.25) is 10.4 Å². The standard InChI is InChI=1S/C35H39F2N7O3/c1-5-46-24-18-28(36)27(29(37)19-24)21-40-30-9-7-6-8-25(30)31(38)33-41-20-26(32(43-33)42-23-10-14-39-15-11-23)22-12-16-44(17-13-22)34(45)47-35(2,3)4/h6-11,14-15,18-20,22,38,40H,5,12-13,16-17,21H2,1-4H3,(H,39,41,42,43). The fourth-order valence-corrected chi connectivity index (χ4v) is 5.34. The van der Waals surface area contributed by atoms with Crippen LogP contribution < -0.4 is 15.4 Å². The molecule has 3 N–H and O–H groups in total. The van der Waals surface area contributed by atoms with E-state index in [9.17, 15) is 13.6 Å². The molecule has 1 amide bonds. The van der Waals surface area contributed by atoms with Crippen molar-refractivity contribution in [2.24, 2.45) is 0 Å². The lowest BCUT2D eigenvalue weighted by Crippen LogP contribution is -2.41. The van der Waals surface area contributed by atoms with Crippen LogP contribution in [-0.2, 0) is 11.3 Å². The number of halogens is 2. The summed E-state index contributed by atoms with van der Waals surface area (Å²) in [6.45, 7) is 8.49. The van der Waals surface area contributed by atoms with Gasteiger partial charge in [0, 0.05) is 78.4 Å². The second kappa shape index (κ2) is 14.5. The van der Waals surface area contributed by atoms with Gasteiger partial charge in [0.25, 0.3) is 0 Å². The van der Waals surface area contributed by atoms with Crippen LogP contribution in [0.1, 0.15) is 69.0 Å². The highest BCUT2D eigenvalue weighted by molar-refractivity contribution is 6.12. The van der Waals surface area contributed by atoms with E-state index in [1.165, 1.54) is 0 Å². The Morgan fingerprint density at radius 1 is 1.06 bits per heavy atom. The molecule has 1 aliphatic heterocycles. The quantitative estimate of drug-likeness (QED) is 0.152. The SMILES string of the molecule is CCOc1cc(F)c(CNc2ccccc2C(=N)c2ncc(C3CCN(C(=O)OC(C)(C)C)CC3)c(Nc3ccncc3)n2)c(F)c1. The van der Waals surface area contributed by atoms with E-state index >= 15 is 0 Å². The molecule has 5 rings (SSSR count). The van der Waals surface area contributed by atoms with E-state index in [1.807, 2.05) is 32.9 Å². The highest BCUT2D eigenvalue weighted by Gasteiger charge is 2.29. The van der Waals surface area contributed by atoms with E-state index in [1.54, 1.807) is 54.7 Å². The summed E-state index contributed by atoms with van der Waals surface area (Å²) in [5, 5.41) is 15.5. The summed E-state index contributed by atoms with van der Waals surface area (Å²) in [6, 6.07) is 13.0. The van der Waals surface area contributed by atoms with Gasteiger partial charge in [0.15, 0.2) is 5.82 Å². The van der Waals surface area contributed by atoms with Crippen molar-refractivity contribution in [1.82, 2.24) is 19.9 Å². The first-order chi connectivity index (χ1) is 22.5. The predicted octanol–water partition coefficient (Wildman–Crippen LogP) is 7.43. The highest BCUT2D eigenvalue weighted by atomic mass is 19.1. The number of pyridine rings is 1. The average Bonchev–Trinajstić information content (AvgIpc) is 3.04. The Morgan fingerprint density at radius 3 is 2.40 bits per heavy atom. The van der Waals surface area contributed by atoms with Crippen molar-refractivity contribution in [2.45, 2.75) is 58.6 Å². The van der Waals surface area contributed by atoms with Crippen LogP contribution in [0.3, 0.4) is 0 Å². The molecule has 3 heterocycles. The summed E-state index contributed by atoms with van der Waals surface area (Å²) >= 11 is 0. The summed E-state index contributed by atoms with van der Waals surface area (Å²) < 4.78 is 40.3. The van der Waals surface area contributed by atoms with Gasteiger partial charge in [0.05, 0.1) is 6.61 Å². The number of anilines is 3. The lowest BCUT2D eigenvalue weighted by Gasteiger charge is -2.34. The van der Waals surface area contributed by atoms with Gasteiger partial charge in [-0.05, 0) is 64.7 Å². The number of carbonyl (C=O) groups excluding carboxylic acids is 1. The van der Waals surface area contributed by atoms with Crippen LogP contribution in [0.15, 0.2) is 67.1 Å². The van der Waals surface area contributed by atoms with Crippen molar-refractivity contribution >= 4 is 29.0 Å². The largest absolute Gasteiger partial charge is 0.494 e.